The fourth-order valence-electron chi connectivity index (χ4n) is 2.32. The van der Waals surface area contributed by atoms with Crippen LogP contribution in [0.1, 0.15) is 26.2 Å². The van der Waals surface area contributed by atoms with Crippen molar-refractivity contribution in [3.63, 3.8) is 0 Å². The monoisotopic (exact) mass is 283 g/mol. The van der Waals surface area contributed by atoms with Crippen molar-refractivity contribution in [1.29, 1.82) is 0 Å². The van der Waals surface area contributed by atoms with Crippen LogP contribution in [0.3, 0.4) is 0 Å². The van der Waals surface area contributed by atoms with E-state index in [0.29, 0.717) is 12.5 Å². The molecule has 6 heteroatoms. The SMILES string of the molecule is CCC(=O)N1CCC(NC(=NC)NCCCN(C)C)C1. The Balaban J connectivity index is 2.26. The lowest BCUT2D eigenvalue weighted by molar-refractivity contribution is -0.129. The van der Waals surface area contributed by atoms with Gasteiger partial charge in [-0.1, -0.05) is 6.92 Å². The summed E-state index contributed by atoms with van der Waals surface area (Å²) in [6.45, 7) is 5.51. The van der Waals surface area contributed by atoms with Crippen LogP contribution in [0.15, 0.2) is 4.99 Å². The molecule has 0 aromatic rings. The first-order chi connectivity index (χ1) is 9.56. The third-order valence-corrected chi connectivity index (χ3v) is 3.48. The Morgan fingerprint density at radius 1 is 1.45 bits per heavy atom. The summed E-state index contributed by atoms with van der Waals surface area (Å²) >= 11 is 0. The van der Waals surface area contributed by atoms with E-state index in [1.807, 2.05) is 11.8 Å². The molecule has 1 aliphatic heterocycles. The van der Waals surface area contributed by atoms with E-state index in [0.717, 1.165) is 45.0 Å². The lowest BCUT2D eigenvalue weighted by Crippen LogP contribution is -2.45. The maximum atomic E-state index is 11.6. The van der Waals surface area contributed by atoms with E-state index in [4.69, 9.17) is 0 Å². The van der Waals surface area contributed by atoms with E-state index in [1.54, 1.807) is 7.05 Å². The Kier molecular flexibility index (Phi) is 7.36. The van der Waals surface area contributed by atoms with Gasteiger partial charge in [-0.05, 0) is 33.5 Å². The minimum atomic E-state index is 0.239. The number of nitrogens with one attached hydrogen (secondary N) is 2. The Morgan fingerprint density at radius 3 is 2.80 bits per heavy atom. The number of hydrogen-bond donors (Lipinski definition) is 2. The van der Waals surface area contributed by atoms with Gasteiger partial charge in [-0.3, -0.25) is 9.79 Å². The minimum Gasteiger partial charge on any atom is -0.356 e. The van der Waals surface area contributed by atoms with Crippen LogP contribution >= 0.6 is 0 Å². The lowest BCUT2D eigenvalue weighted by atomic mass is 10.3. The summed E-state index contributed by atoms with van der Waals surface area (Å²) in [7, 11) is 5.93. The molecule has 0 aromatic heterocycles. The number of hydrogen-bond acceptors (Lipinski definition) is 3. The van der Waals surface area contributed by atoms with E-state index >= 15 is 0 Å². The van der Waals surface area contributed by atoms with Gasteiger partial charge in [0.25, 0.3) is 0 Å². The van der Waals surface area contributed by atoms with E-state index in [2.05, 4.69) is 34.6 Å². The van der Waals surface area contributed by atoms with Crippen molar-refractivity contribution in [2.24, 2.45) is 4.99 Å². The number of carbonyl (C=O) groups excluding carboxylic acids is 1. The molecule has 20 heavy (non-hydrogen) atoms. The number of guanidine groups is 1. The molecule has 0 aliphatic carbocycles. The number of nitrogens with zero attached hydrogens (tertiary/aromatic N) is 3. The van der Waals surface area contributed by atoms with Crippen LogP contribution in [0, 0.1) is 0 Å². The molecule has 1 atom stereocenters. The second-order valence-corrected chi connectivity index (χ2v) is 5.48. The first kappa shape index (κ1) is 16.8. The highest BCUT2D eigenvalue weighted by atomic mass is 16.2. The molecular weight excluding hydrogens is 254 g/mol. The molecule has 1 saturated heterocycles. The molecule has 6 nitrogen and oxygen atoms in total. The van der Waals surface area contributed by atoms with Crippen molar-refractivity contribution in [2.75, 3.05) is 47.3 Å². The topological polar surface area (TPSA) is 60.0 Å². The quantitative estimate of drug-likeness (QED) is 0.413. The highest BCUT2D eigenvalue weighted by Crippen LogP contribution is 2.10. The Bertz CT molecular complexity index is 330. The molecule has 1 rings (SSSR count). The molecule has 0 saturated carbocycles. The van der Waals surface area contributed by atoms with Crippen molar-refractivity contribution in [1.82, 2.24) is 20.4 Å². The molecule has 2 N–H and O–H groups in total. The molecule has 1 unspecified atom stereocenters. The number of likely N-dealkylation sites (tertiary alicyclic amines) is 1. The molecule has 0 bridgehead atoms. The maximum absolute atomic E-state index is 11.6. The number of aliphatic imine (C=N–C) groups is 1. The standard InChI is InChI=1S/C14H29N5O/c1-5-13(20)19-10-7-12(11-19)17-14(15-2)16-8-6-9-18(3)4/h12H,5-11H2,1-4H3,(H2,15,16,17). The molecular formula is C14H29N5O. The van der Waals surface area contributed by atoms with Crippen molar-refractivity contribution < 1.29 is 4.79 Å². The molecule has 1 heterocycles. The smallest absolute Gasteiger partial charge is 0.222 e. The van der Waals surface area contributed by atoms with Crippen molar-refractivity contribution in [3.8, 4) is 0 Å². The number of amides is 1. The van der Waals surface area contributed by atoms with Crippen LogP contribution < -0.4 is 10.6 Å². The molecule has 116 valence electrons. The molecule has 0 radical (unpaired) electrons. The predicted octanol–water partition coefficient (Wildman–Crippen LogP) is 0.114. The first-order valence-corrected chi connectivity index (χ1v) is 7.46. The van der Waals surface area contributed by atoms with Crippen LogP contribution in [0.2, 0.25) is 0 Å². The van der Waals surface area contributed by atoms with Gasteiger partial charge in [0.2, 0.25) is 5.91 Å². The van der Waals surface area contributed by atoms with E-state index in [1.165, 1.54) is 0 Å². The molecule has 0 spiro atoms. The molecule has 1 aliphatic rings. The van der Waals surface area contributed by atoms with Gasteiger partial charge in [0.05, 0.1) is 0 Å². The van der Waals surface area contributed by atoms with Crippen LogP contribution in [-0.2, 0) is 4.79 Å². The normalized spacial score (nSPS) is 19.6. The largest absolute Gasteiger partial charge is 0.356 e. The van der Waals surface area contributed by atoms with Crippen LogP contribution in [0.4, 0.5) is 0 Å². The predicted molar refractivity (Wildman–Crippen MR) is 82.9 cm³/mol. The van der Waals surface area contributed by atoms with E-state index in [-0.39, 0.29) is 5.91 Å². The fourth-order valence-corrected chi connectivity index (χ4v) is 2.32. The van der Waals surface area contributed by atoms with Crippen LogP contribution in [-0.4, -0.2) is 75.0 Å². The second-order valence-electron chi connectivity index (χ2n) is 5.48. The van der Waals surface area contributed by atoms with Gasteiger partial charge >= 0.3 is 0 Å². The summed E-state index contributed by atoms with van der Waals surface area (Å²) in [5.74, 6) is 1.07. The second kappa shape index (κ2) is 8.79. The molecule has 0 aromatic carbocycles. The Morgan fingerprint density at radius 2 is 2.20 bits per heavy atom. The van der Waals surface area contributed by atoms with E-state index in [9.17, 15) is 4.79 Å². The van der Waals surface area contributed by atoms with Crippen LogP contribution in [0.25, 0.3) is 0 Å². The maximum Gasteiger partial charge on any atom is 0.222 e. The minimum absolute atomic E-state index is 0.239. The average molecular weight is 283 g/mol. The Labute approximate surface area is 122 Å². The zero-order valence-corrected chi connectivity index (χ0v) is 13.3. The number of rotatable bonds is 6. The molecule has 1 amide bonds. The van der Waals surface area contributed by atoms with Crippen molar-refractivity contribution in [2.45, 2.75) is 32.2 Å². The van der Waals surface area contributed by atoms with Gasteiger partial charge in [-0.25, -0.2) is 0 Å². The third-order valence-electron chi connectivity index (χ3n) is 3.48. The molecule has 1 fully saturated rings. The van der Waals surface area contributed by atoms with Gasteiger partial charge < -0.3 is 20.4 Å². The van der Waals surface area contributed by atoms with Crippen LogP contribution in [0.5, 0.6) is 0 Å². The summed E-state index contributed by atoms with van der Waals surface area (Å²) in [6, 6.07) is 0.311. The van der Waals surface area contributed by atoms with Gasteiger partial charge in [0, 0.05) is 39.1 Å². The fraction of sp³-hybridized carbons (Fsp3) is 0.857. The first-order valence-electron chi connectivity index (χ1n) is 7.46. The van der Waals surface area contributed by atoms with Gasteiger partial charge in [0.15, 0.2) is 5.96 Å². The zero-order valence-electron chi connectivity index (χ0n) is 13.3. The number of carbonyl (C=O) groups is 1. The van der Waals surface area contributed by atoms with E-state index < -0.39 is 0 Å². The lowest BCUT2D eigenvalue weighted by Gasteiger charge is -2.19. The third kappa shape index (κ3) is 5.77. The summed E-state index contributed by atoms with van der Waals surface area (Å²) in [4.78, 5) is 20.0. The zero-order chi connectivity index (χ0) is 15.0. The van der Waals surface area contributed by atoms with Crippen molar-refractivity contribution in [3.05, 3.63) is 0 Å². The van der Waals surface area contributed by atoms with Gasteiger partial charge in [0.1, 0.15) is 0 Å². The summed E-state index contributed by atoms with van der Waals surface area (Å²) in [5, 5.41) is 6.71. The van der Waals surface area contributed by atoms with Gasteiger partial charge in [-0.15, -0.1) is 0 Å². The highest BCUT2D eigenvalue weighted by Gasteiger charge is 2.25. The van der Waals surface area contributed by atoms with Crippen molar-refractivity contribution >= 4 is 11.9 Å². The Hall–Kier alpha value is -1.30. The summed E-state index contributed by atoms with van der Waals surface area (Å²) in [6.07, 6.45) is 2.66. The summed E-state index contributed by atoms with van der Waals surface area (Å²) in [5.41, 5.74) is 0. The van der Waals surface area contributed by atoms with Gasteiger partial charge in [-0.2, -0.15) is 0 Å². The average Bonchev–Trinajstić information content (AvgIpc) is 2.89. The summed E-state index contributed by atoms with van der Waals surface area (Å²) < 4.78 is 0. The highest BCUT2D eigenvalue weighted by molar-refractivity contribution is 5.80.